The molecule has 0 N–H and O–H groups in total. The Balaban J connectivity index is 1.41. The molecular weight excluding hydrogens is 344 g/mol. The molecule has 2 aliphatic rings. The maximum atomic E-state index is 4.90. The highest BCUT2D eigenvalue weighted by Crippen LogP contribution is 2.33. The Kier molecular flexibility index (Phi) is 5.33. The second-order valence-corrected chi connectivity index (χ2v) is 8.43. The van der Waals surface area contributed by atoms with Gasteiger partial charge in [-0.3, -0.25) is 0 Å². The maximum Gasteiger partial charge on any atom is 0.205 e. The molecule has 6 nitrogen and oxygen atoms in total. The van der Waals surface area contributed by atoms with E-state index in [0.29, 0.717) is 12.0 Å². The van der Waals surface area contributed by atoms with Crippen LogP contribution in [0, 0.1) is 0 Å². The molecule has 26 heavy (non-hydrogen) atoms. The minimum Gasteiger partial charge on any atom is -0.346 e. The van der Waals surface area contributed by atoms with Gasteiger partial charge in [-0.05, 0) is 45.1 Å². The Bertz CT molecular complexity index is 756. The molecule has 3 heterocycles. The van der Waals surface area contributed by atoms with Crippen LogP contribution < -0.4 is 4.90 Å². The van der Waals surface area contributed by atoms with Crippen LogP contribution in [0.2, 0.25) is 0 Å². The van der Waals surface area contributed by atoms with E-state index >= 15 is 0 Å². The zero-order valence-electron chi connectivity index (χ0n) is 15.8. The molecular formula is C19H28N6S. The lowest BCUT2D eigenvalue weighted by Gasteiger charge is -2.20. The van der Waals surface area contributed by atoms with Gasteiger partial charge in [-0.1, -0.05) is 30.6 Å². The number of rotatable bonds is 4. The fraction of sp³-hybridized carbons (Fsp3) is 0.684. The summed E-state index contributed by atoms with van der Waals surface area (Å²) in [4.78, 5) is 7.29. The van der Waals surface area contributed by atoms with Crippen molar-refractivity contribution in [3.05, 3.63) is 23.8 Å². The monoisotopic (exact) mass is 372 g/mol. The molecule has 140 valence electrons. The van der Waals surface area contributed by atoms with Crippen LogP contribution in [0.15, 0.2) is 12.3 Å². The van der Waals surface area contributed by atoms with Gasteiger partial charge >= 0.3 is 0 Å². The fourth-order valence-corrected chi connectivity index (χ4v) is 4.64. The lowest BCUT2D eigenvalue weighted by Crippen LogP contribution is -2.24. The Morgan fingerprint density at radius 2 is 2.00 bits per heavy atom. The smallest absolute Gasteiger partial charge is 0.205 e. The third-order valence-electron chi connectivity index (χ3n) is 5.48. The molecule has 7 heteroatoms. The molecule has 4 rings (SSSR count). The molecule has 0 amide bonds. The summed E-state index contributed by atoms with van der Waals surface area (Å²) in [6.07, 6.45) is 12.9. The molecule has 0 spiro atoms. The highest BCUT2D eigenvalue weighted by atomic mass is 32.1. The quantitative estimate of drug-likeness (QED) is 0.794. The Morgan fingerprint density at radius 3 is 2.77 bits per heavy atom. The van der Waals surface area contributed by atoms with Crippen molar-refractivity contribution >= 4 is 22.2 Å². The first kappa shape index (κ1) is 17.6. The standard InChI is InChI=1S/C19H28N6S/c1-14(2)25-13-17(21-23-25)15-9-6-11-24(12-10-15)19-20-18(22-26-19)16-7-4-3-5-8-16/h9,13-14,16H,3-8,10-12H2,1-2H3. The summed E-state index contributed by atoms with van der Waals surface area (Å²) in [6.45, 7) is 6.23. The van der Waals surface area contributed by atoms with Crippen molar-refractivity contribution in [2.24, 2.45) is 0 Å². The van der Waals surface area contributed by atoms with Crippen LogP contribution >= 0.6 is 11.5 Å². The minimum absolute atomic E-state index is 0.346. The number of hydrogen-bond donors (Lipinski definition) is 0. The first-order valence-corrected chi connectivity index (χ1v) is 10.7. The molecule has 0 unspecified atom stereocenters. The predicted octanol–water partition coefficient (Wildman–Crippen LogP) is 4.44. The zero-order valence-corrected chi connectivity index (χ0v) is 16.6. The van der Waals surface area contributed by atoms with Crippen LogP contribution in [0.5, 0.6) is 0 Å². The van der Waals surface area contributed by atoms with Crippen LogP contribution in [-0.4, -0.2) is 37.4 Å². The van der Waals surface area contributed by atoms with Gasteiger partial charge in [0.05, 0.1) is 6.20 Å². The van der Waals surface area contributed by atoms with E-state index in [-0.39, 0.29) is 0 Å². The topological polar surface area (TPSA) is 59.7 Å². The van der Waals surface area contributed by atoms with E-state index in [0.717, 1.165) is 42.6 Å². The van der Waals surface area contributed by atoms with Gasteiger partial charge in [-0.15, -0.1) is 5.10 Å². The minimum atomic E-state index is 0.346. The molecule has 1 fully saturated rings. The average molecular weight is 373 g/mol. The van der Waals surface area contributed by atoms with Crippen LogP contribution in [-0.2, 0) is 0 Å². The van der Waals surface area contributed by atoms with E-state index in [2.05, 4.69) is 41.3 Å². The van der Waals surface area contributed by atoms with Gasteiger partial charge in [0, 0.05) is 36.6 Å². The van der Waals surface area contributed by atoms with Crippen molar-refractivity contribution in [2.75, 3.05) is 18.0 Å². The summed E-state index contributed by atoms with van der Waals surface area (Å²) in [6, 6.07) is 0.346. The fourth-order valence-electron chi connectivity index (χ4n) is 3.85. The van der Waals surface area contributed by atoms with Gasteiger partial charge in [0.1, 0.15) is 11.5 Å². The second-order valence-electron chi connectivity index (χ2n) is 7.70. The van der Waals surface area contributed by atoms with Crippen LogP contribution in [0.3, 0.4) is 0 Å². The molecule has 2 aromatic heterocycles. The number of anilines is 1. The van der Waals surface area contributed by atoms with E-state index in [1.165, 1.54) is 37.7 Å². The van der Waals surface area contributed by atoms with E-state index in [1.807, 2.05) is 4.68 Å². The van der Waals surface area contributed by atoms with Crippen molar-refractivity contribution in [1.29, 1.82) is 0 Å². The molecule has 0 saturated heterocycles. The Hall–Kier alpha value is -1.76. The summed E-state index contributed by atoms with van der Waals surface area (Å²) >= 11 is 1.57. The van der Waals surface area contributed by atoms with E-state index in [4.69, 9.17) is 9.36 Å². The summed E-state index contributed by atoms with van der Waals surface area (Å²) in [5.74, 6) is 1.67. The molecule has 1 aliphatic carbocycles. The van der Waals surface area contributed by atoms with Crippen LogP contribution in [0.1, 0.15) is 82.3 Å². The van der Waals surface area contributed by atoms with Crippen LogP contribution in [0.25, 0.3) is 5.57 Å². The van der Waals surface area contributed by atoms with Gasteiger partial charge in [0.15, 0.2) is 0 Å². The van der Waals surface area contributed by atoms with Gasteiger partial charge in [-0.25, -0.2) is 9.67 Å². The van der Waals surface area contributed by atoms with E-state index in [1.54, 1.807) is 11.5 Å². The normalized spacial score (nSPS) is 19.7. The van der Waals surface area contributed by atoms with E-state index < -0.39 is 0 Å². The van der Waals surface area contributed by atoms with Gasteiger partial charge < -0.3 is 4.90 Å². The van der Waals surface area contributed by atoms with Crippen LogP contribution in [0.4, 0.5) is 5.13 Å². The van der Waals surface area contributed by atoms with Crippen molar-refractivity contribution < 1.29 is 0 Å². The van der Waals surface area contributed by atoms with Gasteiger partial charge in [0.2, 0.25) is 5.13 Å². The van der Waals surface area contributed by atoms with Crippen molar-refractivity contribution in [3.63, 3.8) is 0 Å². The summed E-state index contributed by atoms with van der Waals surface area (Å²) < 4.78 is 6.62. The zero-order chi connectivity index (χ0) is 17.9. The molecule has 0 aromatic carbocycles. The predicted molar refractivity (Wildman–Crippen MR) is 106 cm³/mol. The average Bonchev–Trinajstić information content (AvgIpc) is 3.28. The Morgan fingerprint density at radius 1 is 1.15 bits per heavy atom. The molecule has 1 aliphatic heterocycles. The van der Waals surface area contributed by atoms with E-state index in [9.17, 15) is 0 Å². The molecule has 2 aromatic rings. The third-order valence-corrected chi connectivity index (χ3v) is 6.27. The summed E-state index contributed by atoms with van der Waals surface area (Å²) in [7, 11) is 0. The van der Waals surface area contributed by atoms with Crippen molar-refractivity contribution in [1.82, 2.24) is 24.4 Å². The first-order chi connectivity index (χ1) is 12.7. The van der Waals surface area contributed by atoms with Crippen molar-refractivity contribution in [3.8, 4) is 0 Å². The van der Waals surface area contributed by atoms with Gasteiger partial charge in [0.25, 0.3) is 0 Å². The SMILES string of the molecule is CC(C)n1cc(C2=CCCN(c3nc(C4CCCCC4)ns3)CC2)nn1. The van der Waals surface area contributed by atoms with Crippen molar-refractivity contribution in [2.45, 2.75) is 70.8 Å². The molecule has 0 radical (unpaired) electrons. The lowest BCUT2D eigenvalue weighted by molar-refractivity contribution is 0.431. The summed E-state index contributed by atoms with van der Waals surface area (Å²) in [5.41, 5.74) is 2.32. The summed E-state index contributed by atoms with van der Waals surface area (Å²) in [5, 5.41) is 9.70. The molecule has 0 bridgehead atoms. The highest BCUT2D eigenvalue weighted by Gasteiger charge is 2.22. The number of aromatic nitrogens is 5. The second kappa shape index (κ2) is 7.86. The number of hydrogen-bond acceptors (Lipinski definition) is 6. The first-order valence-electron chi connectivity index (χ1n) is 9.90. The molecule has 1 saturated carbocycles. The third kappa shape index (κ3) is 3.82. The lowest BCUT2D eigenvalue weighted by atomic mass is 9.89. The highest BCUT2D eigenvalue weighted by molar-refractivity contribution is 7.09. The Labute approximate surface area is 159 Å². The number of nitrogens with zero attached hydrogens (tertiary/aromatic N) is 6. The molecule has 0 atom stereocenters. The van der Waals surface area contributed by atoms with Gasteiger partial charge in [-0.2, -0.15) is 4.37 Å². The maximum absolute atomic E-state index is 4.90. The largest absolute Gasteiger partial charge is 0.346 e.